The van der Waals surface area contributed by atoms with Gasteiger partial charge in [-0.15, -0.1) is 0 Å². The highest BCUT2D eigenvalue weighted by molar-refractivity contribution is 9.10. The van der Waals surface area contributed by atoms with E-state index in [-0.39, 0.29) is 17.2 Å². The minimum absolute atomic E-state index is 0.0233. The number of halogens is 1. The number of hydrogen-bond donors (Lipinski definition) is 1. The maximum atomic E-state index is 13.3. The van der Waals surface area contributed by atoms with E-state index in [1.807, 2.05) is 32.0 Å². The molecule has 3 rings (SSSR count). The van der Waals surface area contributed by atoms with Crippen molar-refractivity contribution in [2.45, 2.75) is 52.5 Å². The number of fused-ring (bicyclic) bond motifs is 1. The lowest BCUT2D eigenvalue weighted by Crippen LogP contribution is -2.50. The maximum absolute atomic E-state index is 13.3. The first-order chi connectivity index (χ1) is 14.1. The molecule has 1 aliphatic heterocycles. The summed E-state index contributed by atoms with van der Waals surface area (Å²) in [4.78, 5) is 40.3. The first kappa shape index (κ1) is 22.2. The van der Waals surface area contributed by atoms with Crippen LogP contribution in [-0.2, 0) is 10.2 Å². The summed E-state index contributed by atoms with van der Waals surface area (Å²) in [5.41, 5.74) is 2.41. The van der Waals surface area contributed by atoms with E-state index in [0.717, 1.165) is 14.9 Å². The van der Waals surface area contributed by atoms with Gasteiger partial charge in [0.15, 0.2) is 0 Å². The van der Waals surface area contributed by atoms with Gasteiger partial charge in [-0.2, -0.15) is 0 Å². The molecule has 30 heavy (non-hydrogen) atoms. The van der Waals surface area contributed by atoms with Crippen LogP contribution in [0.5, 0.6) is 0 Å². The molecule has 0 aromatic heterocycles. The van der Waals surface area contributed by atoms with Crippen LogP contribution in [0.4, 0.5) is 5.69 Å². The van der Waals surface area contributed by atoms with Crippen molar-refractivity contribution in [3.63, 3.8) is 0 Å². The molecular formula is C24H27BrN2O3. The quantitative estimate of drug-likeness (QED) is 0.595. The molecule has 0 saturated carbocycles. The Bertz CT molecular complexity index is 975. The van der Waals surface area contributed by atoms with Gasteiger partial charge in [0, 0.05) is 4.47 Å². The fraction of sp³-hybridized carbons (Fsp3) is 0.375. The van der Waals surface area contributed by atoms with Gasteiger partial charge in [0.25, 0.3) is 11.8 Å². The zero-order valence-electron chi connectivity index (χ0n) is 18.0. The smallest absolute Gasteiger partial charge is 0.262 e. The number of carbonyl (C=O) groups is 3. The van der Waals surface area contributed by atoms with Gasteiger partial charge in [-0.25, -0.2) is 0 Å². The summed E-state index contributed by atoms with van der Waals surface area (Å²) in [5, 5.41) is 2.92. The molecule has 6 heteroatoms. The van der Waals surface area contributed by atoms with Crippen molar-refractivity contribution in [3.05, 3.63) is 63.6 Å². The highest BCUT2D eigenvalue weighted by Crippen LogP contribution is 2.32. The fourth-order valence-electron chi connectivity index (χ4n) is 3.60. The molecule has 0 fully saturated rings. The van der Waals surface area contributed by atoms with Crippen LogP contribution in [0, 0.1) is 5.92 Å². The molecule has 1 heterocycles. The summed E-state index contributed by atoms with van der Waals surface area (Å²) in [6, 6.07) is 11.6. The Balaban J connectivity index is 1.92. The molecule has 5 nitrogen and oxygen atoms in total. The zero-order chi connectivity index (χ0) is 22.2. The van der Waals surface area contributed by atoms with Gasteiger partial charge in [-0.3, -0.25) is 19.3 Å². The number of nitrogens with one attached hydrogen (secondary N) is 1. The normalized spacial score (nSPS) is 15.7. The number of hydrogen-bond acceptors (Lipinski definition) is 3. The molecule has 3 amide bonds. The maximum Gasteiger partial charge on any atom is 0.262 e. The van der Waals surface area contributed by atoms with Crippen molar-refractivity contribution in [3.8, 4) is 0 Å². The van der Waals surface area contributed by atoms with E-state index in [4.69, 9.17) is 0 Å². The van der Waals surface area contributed by atoms with Crippen molar-refractivity contribution in [2.75, 3.05) is 5.32 Å². The molecule has 158 valence electrons. The molecule has 1 aliphatic rings. The lowest BCUT2D eigenvalue weighted by molar-refractivity contribution is -0.121. The van der Waals surface area contributed by atoms with Crippen LogP contribution in [0.3, 0.4) is 0 Å². The number of benzene rings is 2. The van der Waals surface area contributed by atoms with Crippen LogP contribution >= 0.6 is 15.9 Å². The minimum Gasteiger partial charge on any atom is -0.323 e. The second-order valence-electron chi connectivity index (χ2n) is 8.79. The first-order valence-corrected chi connectivity index (χ1v) is 10.9. The first-order valence-electron chi connectivity index (χ1n) is 10.1. The molecule has 0 aliphatic carbocycles. The molecule has 2 aromatic rings. The van der Waals surface area contributed by atoms with Gasteiger partial charge in [-0.05, 0) is 57.1 Å². The van der Waals surface area contributed by atoms with E-state index in [1.165, 1.54) is 0 Å². The molecule has 0 saturated heterocycles. The van der Waals surface area contributed by atoms with Crippen LogP contribution in [0.1, 0.15) is 67.3 Å². The summed E-state index contributed by atoms with van der Waals surface area (Å²) in [7, 11) is 0. The summed E-state index contributed by atoms with van der Waals surface area (Å²) < 4.78 is 0.758. The van der Waals surface area contributed by atoms with E-state index in [0.29, 0.717) is 23.2 Å². The van der Waals surface area contributed by atoms with Crippen molar-refractivity contribution >= 4 is 39.3 Å². The Hall–Kier alpha value is -2.47. The van der Waals surface area contributed by atoms with E-state index >= 15 is 0 Å². The zero-order valence-corrected chi connectivity index (χ0v) is 19.5. The van der Waals surface area contributed by atoms with Gasteiger partial charge in [0.1, 0.15) is 6.04 Å². The number of nitrogens with zero attached hydrogens (tertiary/aromatic N) is 1. The van der Waals surface area contributed by atoms with Crippen molar-refractivity contribution in [1.29, 1.82) is 0 Å². The summed E-state index contributed by atoms with van der Waals surface area (Å²) in [6.07, 6.45) is 0.648. The van der Waals surface area contributed by atoms with Gasteiger partial charge in [0.2, 0.25) is 5.91 Å². The average molecular weight is 471 g/mol. The Labute approximate surface area is 186 Å². The van der Waals surface area contributed by atoms with Gasteiger partial charge >= 0.3 is 0 Å². The van der Waals surface area contributed by atoms with Crippen LogP contribution in [-0.4, -0.2) is 28.7 Å². The summed E-state index contributed by atoms with van der Waals surface area (Å²) >= 11 is 3.54. The lowest BCUT2D eigenvalue weighted by atomic mass is 9.87. The molecule has 1 N–H and O–H groups in total. The number of rotatable bonds is 5. The number of anilines is 1. The van der Waals surface area contributed by atoms with Gasteiger partial charge in [0.05, 0.1) is 16.8 Å². The van der Waals surface area contributed by atoms with E-state index in [1.54, 1.807) is 24.3 Å². The highest BCUT2D eigenvalue weighted by atomic mass is 79.9. The van der Waals surface area contributed by atoms with E-state index in [2.05, 4.69) is 42.0 Å². The predicted molar refractivity (Wildman–Crippen MR) is 122 cm³/mol. The average Bonchev–Trinajstić information content (AvgIpc) is 2.94. The highest BCUT2D eigenvalue weighted by Gasteiger charge is 2.44. The standard InChI is InChI=1S/C24H27BrN2O3/c1-6-14(2)20(27-22(29)16-9-7-8-10-17(16)23(27)30)21(28)26-19-12-11-15(13-18(19)25)24(3,4)5/h7-14,20H,6H2,1-5H3,(H,26,28). The fourth-order valence-corrected chi connectivity index (χ4v) is 4.08. The number of imide groups is 1. The van der Waals surface area contributed by atoms with E-state index in [9.17, 15) is 14.4 Å². The Kier molecular flexibility index (Phi) is 6.18. The topological polar surface area (TPSA) is 66.5 Å². The third-order valence-electron chi connectivity index (χ3n) is 5.65. The monoisotopic (exact) mass is 470 g/mol. The molecule has 2 atom stereocenters. The van der Waals surface area contributed by atoms with Crippen molar-refractivity contribution in [1.82, 2.24) is 4.90 Å². The van der Waals surface area contributed by atoms with Gasteiger partial charge in [-0.1, -0.05) is 59.2 Å². The number of amides is 3. The Morgan fingerprint density at radius 2 is 1.63 bits per heavy atom. The molecule has 0 bridgehead atoms. The van der Waals surface area contributed by atoms with Gasteiger partial charge < -0.3 is 5.32 Å². The molecule has 2 aromatic carbocycles. The predicted octanol–water partition coefficient (Wildman–Crippen LogP) is 5.40. The minimum atomic E-state index is -0.892. The Morgan fingerprint density at radius 3 is 2.10 bits per heavy atom. The largest absolute Gasteiger partial charge is 0.323 e. The third-order valence-corrected chi connectivity index (χ3v) is 6.30. The second kappa shape index (κ2) is 8.34. The Morgan fingerprint density at radius 1 is 1.07 bits per heavy atom. The van der Waals surface area contributed by atoms with Crippen molar-refractivity contribution < 1.29 is 14.4 Å². The third kappa shape index (κ3) is 4.06. The molecule has 0 radical (unpaired) electrons. The molecule has 2 unspecified atom stereocenters. The summed E-state index contributed by atoms with van der Waals surface area (Å²) in [6.45, 7) is 10.2. The van der Waals surface area contributed by atoms with Crippen LogP contribution in [0.15, 0.2) is 46.9 Å². The number of carbonyl (C=O) groups excluding carboxylic acids is 3. The van der Waals surface area contributed by atoms with Crippen molar-refractivity contribution in [2.24, 2.45) is 5.92 Å². The second-order valence-corrected chi connectivity index (χ2v) is 9.64. The van der Waals surface area contributed by atoms with Crippen LogP contribution < -0.4 is 5.32 Å². The molecular weight excluding hydrogens is 444 g/mol. The van der Waals surface area contributed by atoms with Crippen LogP contribution in [0.2, 0.25) is 0 Å². The molecule has 0 spiro atoms. The van der Waals surface area contributed by atoms with E-state index < -0.39 is 17.9 Å². The summed E-state index contributed by atoms with van der Waals surface area (Å²) in [5.74, 6) is -1.40. The lowest BCUT2D eigenvalue weighted by Gasteiger charge is -2.30. The van der Waals surface area contributed by atoms with Crippen LogP contribution in [0.25, 0.3) is 0 Å². The SMILES string of the molecule is CCC(C)C(C(=O)Nc1ccc(C(C)(C)C)cc1Br)N1C(=O)c2ccccc2C1=O.